The molecule has 1 fully saturated rings. The summed E-state index contributed by atoms with van der Waals surface area (Å²) in [6.45, 7) is 3.09. The molecule has 3 nitrogen and oxygen atoms in total. The van der Waals surface area contributed by atoms with Crippen molar-refractivity contribution in [2.24, 2.45) is 4.99 Å². The van der Waals surface area contributed by atoms with Crippen molar-refractivity contribution in [1.29, 1.82) is 0 Å². The molecule has 3 heteroatoms. The summed E-state index contributed by atoms with van der Waals surface area (Å²) in [5, 5.41) is 3.36. The van der Waals surface area contributed by atoms with Crippen LogP contribution in [0.1, 0.15) is 18.0 Å². The van der Waals surface area contributed by atoms with Crippen LogP contribution < -0.4 is 5.32 Å². The van der Waals surface area contributed by atoms with Crippen molar-refractivity contribution in [3.63, 3.8) is 0 Å². The van der Waals surface area contributed by atoms with Crippen molar-refractivity contribution in [2.45, 2.75) is 12.5 Å². The molecule has 2 heterocycles. The number of aliphatic imine (C=N–C) groups is 1. The van der Waals surface area contributed by atoms with Gasteiger partial charge in [-0.15, -0.1) is 0 Å². The Morgan fingerprint density at radius 3 is 3.00 bits per heavy atom. The van der Waals surface area contributed by atoms with E-state index >= 15 is 0 Å². The zero-order chi connectivity index (χ0) is 10.1. The summed E-state index contributed by atoms with van der Waals surface area (Å²) in [6, 6.07) is 11.1. The van der Waals surface area contributed by atoms with E-state index < -0.39 is 0 Å². The second-order valence-electron chi connectivity index (χ2n) is 4.06. The van der Waals surface area contributed by atoms with Crippen LogP contribution in [0, 0.1) is 0 Å². The molecule has 1 unspecified atom stereocenters. The van der Waals surface area contributed by atoms with Gasteiger partial charge in [0.05, 0.1) is 12.6 Å². The molecule has 3 rings (SSSR count). The van der Waals surface area contributed by atoms with E-state index in [9.17, 15) is 0 Å². The van der Waals surface area contributed by atoms with E-state index in [0.29, 0.717) is 6.04 Å². The summed E-state index contributed by atoms with van der Waals surface area (Å²) in [7, 11) is 0. The van der Waals surface area contributed by atoms with E-state index in [1.54, 1.807) is 0 Å². The Morgan fingerprint density at radius 1 is 1.27 bits per heavy atom. The quantitative estimate of drug-likeness (QED) is 0.743. The van der Waals surface area contributed by atoms with Crippen LogP contribution in [0.2, 0.25) is 0 Å². The highest BCUT2D eigenvalue weighted by Crippen LogP contribution is 2.26. The maximum Gasteiger partial charge on any atom is 0.194 e. The van der Waals surface area contributed by atoms with E-state index in [1.165, 1.54) is 12.0 Å². The molecular weight excluding hydrogens is 186 g/mol. The highest BCUT2D eigenvalue weighted by molar-refractivity contribution is 5.82. The molecule has 0 spiro atoms. The standard InChI is InChI=1S/C12H15N3/c1-2-5-10(6-3-1)11-9-14-12-13-7-4-8-15(11)12/h1-3,5-6,11H,4,7-9H2,(H,13,14). The maximum absolute atomic E-state index is 4.55. The molecule has 1 N–H and O–H groups in total. The predicted molar refractivity (Wildman–Crippen MR) is 60.8 cm³/mol. The molecule has 2 aliphatic heterocycles. The largest absolute Gasteiger partial charge is 0.356 e. The fraction of sp³-hybridized carbons (Fsp3) is 0.417. The normalized spacial score (nSPS) is 24.4. The lowest BCUT2D eigenvalue weighted by Gasteiger charge is -2.32. The minimum Gasteiger partial charge on any atom is -0.356 e. The molecule has 0 saturated carbocycles. The first kappa shape index (κ1) is 8.77. The van der Waals surface area contributed by atoms with Crippen molar-refractivity contribution < 1.29 is 0 Å². The molecule has 1 aromatic rings. The van der Waals surface area contributed by atoms with Crippen LogP contribution in [0.3, 0.4) is 0 Å². The summed E-state index contributed by atoms with van der Waals surface area (Å²) in [5.41, 5.74) is 1.37. The molecular formula is C12H15N3. The molecule has 0 aliphatic carbocycles. The fourth-order valence-corrected chi connectivity index (χ4v) is 2.34. The lowest BCUT2D eigenvalue weighted by atomic mass is 10.1. The third-order valence-corrected chi connectivity index (χ3v) is 3.11. The molecule has 1 aromatic carbocycles. The van der Waals surface area contributed by atoms with Gasteiger partial charge < -0.3 is 10.2 Å². The average Bonchev–Trinajstić information content (AvgIpc) is 2.74. The molecule has 78 valence electrons. The molecule has 1 atom stereocenters. The second-order valence-corrected chi connectivity index (χ2v) is 4.06. The first-order chi connectivity index (χ1) is 7.45. The molecule has 1 saturated heterocycles. The van der Waals surface area contributed by atoms with Gasteiger partial charge in [0.2, 0.25) is 0 Å². The Bertz CT molecular complexity index is 372. The second kappa shape index (κ2) is 3.57. The van der Waals surface area contributed by atoms with Crippen LogP contribution in [-0.2, 0) is 0 Å². The van der Waals surface area contributed by atoms with Gasteiger partial charge in [0.15, 0.2) is 5.96 Å². The monoisotopic (exact) mass is 201 g/mol. The lowest BCUT2D eigenvalue weighted by Crippen LogP contribution is -2.46. The van der Waals surface area contributed by atoms with Crippen LogP contribution in [0.25, 0.3) is 0 Å². The van der Waals surface area contributed by atoms with Crippen molar-refractivity contribution in [2.75, 3.05) is 19.6 Å². The number of benzene rings is 1. The molecule has 2 aliphatic rings. The SMILES string of the molecule is c1ccc(C2CN=C3NCCCN32)cc1. The Balaban J connectivity index is 1.85. The highest BCUT2D eigenvalue weighted by Gasteiger charge is 2.30. The third-order valence-electron chi connectivity index (χ3n) is 3.11. The Hall–Kier alpha value is -1.51. The Morgan fingerprint density at radius 2 is 2.13 bits per heavy atom. The fourth-order valence-electron chi connectivity index (χ4n) is 2.34. The number of hydrogen-bond acceptors (Lipinski definition) is 3. The number of fused-ring (bicyclic) bond motifs is 1. The van der Waals surface area contributed by atoms with E-state index in [-0.39, 0.29) is 0 Å². The van der Waals surface area contributed by atoms with Gasteiger partial charge in [0.25, 0.3) is 0 Å². The van der Waals surface area contributed by atoms with E-state index in [1.807, 2.05) is 0 Å². The molecule has 0 bridgehead atoms. The van der Waals surface area contributed by atoms with E-state index in [4.69, 9.17) is 0 Å². The van der Waals surface area contributed by atoms with Crippen LogP contribution in [0.15, 0.2) is 35.3 Å². The summed E-state index contributed by atoms with van der Waals surface area (Å²) in [6.07, 6.45) is 1.21. The maximum atomic E-state index is 4.55. The van der Waals surface area contributed by atoms with Gasteiger partial charge in [-0.1, -0.05) is 30.3 Å². The Kier molecular flexibility index (Phi) is 2.09. The van der Waals surface area contributed by atoms with Crippen LogP contribution in [0.5, 0.6) is 0 Å². The Labute approximate surface area is 89.8 Å². The van der Waals surface area contributed by atoms with Crippen molar-refractivity contribution in [3.8, 4) is 0 Å². The van der Waals surface area contributed by atoms with Crippen LogP contribution in [-0.4, -0.2) is 30.5 Å². The zero-order valence-corrected chi connectivity index (χ0v) is 8.69. The number of nitrogens with one attached hydrogen (secondary N) is 1. The van der Waals surface area contributed by atoms with Crippen LogP contribution >= 0.6 is 0 Å². The van der Waals surface area contributed by atoms with Crippen LogP contribution in [0.4, 0.5) is 0 Å². The van der Waals surface area contributed by atoms with Gasteiger partial charge in [-0.3, -0.25) is 4.99 Å². The number of rotatable bonds is 1. The lowest BCUT2D eigenvalue weighted by molar-refractivity contribution is 0.316. The highest BCUT2D eigenvalue weighted by atomic mass is 15.4. The minimum atomic E-state index is 0.453. The van der Waals surface area contributed by atoms with Gasteiger partial charge in [0.1, 0.15) is 0 Å². The summed E-state index contributed by atoms with van der Waals surface area (Å²) >= 11 is 0. The molecule has 0 radical (unpaired) electrons. The predicted octanol–water partition coefficient (Wildman–Crippen LogP) is 1.39. The molecule has 15 heavy (non-hydrogen) atoms. The van der Waals surface area contributed by atoms with Gasteiger partial charge in [-0.2, -0.15) is 0 Å². The molecule has 0 aromatic heterocycles. The van der Waals surface area contributed by atoms with Crippen molar-refractivity contribution in [3.05, 3.63) is 35.9 Å². The summed E-state index contributed by atoms with van der Waals surface area (Å²) in [4.78, 5) is 6.93. The summed E-state index contributed by atoms with van der Waals surface area (Å²) in [5.74, 6) is 1.09. The smallest absolute Gasteiger partial charge is 0.194 e. The van der Waals surface area contributed by atoms with Crippen molar-refractivity contribution in [1.82, 2.24) is 10.2 Å². The van der Waals surface area contributed by atoms with Gasteiger partial charge >= 0.3 is 0 Å². The van der Waals surface area contributed by atoms with Crippen molar-refractivity contribution >= 4 is 5.96 Å². The molecule has 0 amide bonds. The van der Waals surface area contributed by atoms with Gasteiger partial charge in [-0.05, 0) is 12.0 Å². The minimum absolute atomic E-state index is 0.453. The van der Waals surface area contributed by atoms with Gasteiger partial charge in [0, 0.05) is 13.1 Å². The topological polar surface area (TPSA) is 27.6 Å². The summed E-state index contributed by atoms with van der Waals surface area (Å²) < 4.78 is 0. The first-order valence-corrected chi connectivity index (χ1v) is 5.55. The zero-order valence-electron chi connectivity index (χ0n) is 8.69. The number of hydrogen-bond donors (Lipinski definition) is 1. The first-order valence-electron chi connectivity index (χ1n) is 5.55. The number of guanidine groups is 1. The number of nitrogens with zero attached hydrogens (tertiary/aromatic N) is 2. The average molecular weight is 201 g/mol. The van der Waals surface area contributed by atoms with E-state index in [0.717, 1.165) is 25.6 Å². The van der Waals surface area contributed by atoms with Gasteiger partial charge in [-0.25, -0.2) is 0 Å². The van der Waals surface area contributed by atoms with E-state index in [2.05, 4.69) is 45.5 Å². The third kappa shape index (κ3) is 1.48.